The molecule has 3 rings (SSSR count). The molecule has 1 N–H and O–H groups in total. The van der Waals surface area contributed by atoms with E-state index < -0.39 is 10.7 Å². The summed E-state index contributed by atoms with van der Waals surface area (Å²) in [6.45, 7) is 5.81. The fourth-order valence-corrected chi connectivity index (χ4v) is 3.11. The summed E-state index contributed by atoms with van der Waals surface area (Å²) in [6.07, 6.45) is 0. The number of fused-ring (bicyclic) bond motifs is 1. The van der Waals surface area contributed by atoms with Gasteiger partial charge in [0.15, 0.2) is 5.58 Å². The number of carbonyl (C=O) groups is 1. The van der Waals surface area contributed by atoms with Crippen molar-refractivity contribution in [3.63, 3.8) is 0 Å². The van der Waals surface area contributed by atoms with Crippen LogP contribution in [0.3, 0.4) is 0 Å². The molecule has 1 heterocycles. The van der Waals surface area contributed by atoms with Gasteiger partial charge in [0.05, 0.1) is 22.5 Å². The lowest BCUT2D eigenvalue weighted by Crippen LogP contribution is -2.39. The van der Waals surface area contributed by atoms with E-state index in [9.17, 15) is 19.7 Å². The number of benzene rings is 2. The molecular weight excluding hydrogens is 362 g/mol. The second kappa shape index (κ2) is 7.30. The van der Waals surface area contributed by atoms with Crippen LogP contribution in [-0.4, -0.2) is 15.4 Å². The fourth-order valence-electron chi connectivity index (χ4n) is 3.11. The van der Waals surface area contributed by atoms with Crippen molar-refractivity contribution in [1.29, 1.82) is 0 Å². The standard InChI is InChI=1S/C20H21N3O5/c1-20(2,3)18(13-7-5-4-6-8-13)21-17(24)12-22-15-10-9-14(23(26)27)11-16(15)28-19(22)25/h4-11,18H,12H2,1-3H3,(H,21,24). The Balaban J connectivity index is 1.87. The third-order valence-electron chi connectivity index (χ3n) is 4.47. The molecule has 0 bridgehead atoms. The smallest absolute Gasteiger partial charge is 0.407 e. The highest BCUT2D eigenvalue weighted by Crippen LogP contribution is 2.32. The Labute approximate surface area is 160 Å². The van der Waals surface area contributed by atoms with Crippen LogP contribution in [0.15, 0.2) is 57.7 Å². The Hall–Kier alpha value is -3.42. The van der Waals surface area contributed by atoms with Crippen LogP contribution < -0.4 is 11.1 Å². The molecule has 0 radical (unpaired) electrons. The van der Waals surface area contributed by atoms with E-state index in [1.807, 2.05) is 51.1 Å². The van der Waals surface area contributed by atoms with Crippen molar-refractivity contribution in [3.8, 4) is 0 Å². The average molecular weight is 383 g/mol. The first-order valence-corrected chi connectivity index (χ1v) is 8.79. The van der Waals surface area contributed by atoms with E-state index in [1.54, 1.807) is 0 Å². The van der Waals surface area contributed by atoms with Gasteiger partial charge < -0.3 is 9.73 Å². The number of amides is 1. The average Bonchev–Trinajstić information content (AvgIpc) is 2.94. The molecule has 1 aromatic heterocycles. The van der Waals surface area contributed by atoms with Gasteiger partial charge in [0.2, 0.25) is 5.91 Å². The molecule has 8 heteroatoms. The minimum absolute atomic E-state index is 0.0717. The van der Waals surface area contributed by atoms with Crippen LogP contribution in [0.1, 0.15) is 32.4 Å². The van der Waals surface area contributed by atoms with Gasteiger partial charge in [0, 0.05) is 6.07 Å². The zero-order valence-electron chi connectivity index (χ0n) is 15.8. The molecule has 28 heavy (non-hydrogen) atoms. The van der Waals surface area contributed by atoms with Crippen LogP contribution in [0.5, 0.6) is 0 Å². The molecule has 0 aliphatic carbocycles. The van der Waals surface area contributed by atoms with Crippen LogP contribution >= 0.6 is 0 Å². The van der Waals surface area contributed by atoms with Gasteiger partial charge in [0.25, 0.3) is 5.69 Å². The van der Waals surface area contributed by atoms with E-state index in [2.05, 4.69) is 5.32 Å². The third kappa shape index (κ3) is 3.95. The summed E-state index contributed by atoms with van der Waals surface area (Å²) in [5, 5.41) is 13.9. The van der Waals surface area contributed by atoms with Crippen LogP contribution in [0, 0.1) is 15.5 Å². The van der Waals surface area contributed by atoms with Gasteiger partial charge in [-0.2, -0.15) is 0 Å². The van der Waals surface area contributed by atoms with E-state index in [0.717, 1.165) is 5.56 Å². The van der Waals surface area contributed by atoms with Crippen molar-refractivity contribution in [2.75, 3.05) is 0 Å². The van der Waals surface area contributed by atoms with Gasteiger partial charge >= 0.3 is 5.76 Å². The number of aromatic nitrogens is 1. The lowest BCUT2D eigenvalue weighted by molar-refractivity contribution is -0.384. The molecule has 8 nitrogen and oxygen atoms in total. The third-order valence-corrected chi connectivity index (χ3v) is 4.47. The number of rotatable bonds is 5. The molecule has 0 aliphatic rings. The number of oxazole rings is 1. The number of hydrogen-bond acceptors (Lipinski definition) is 5. The summed E-state index contributed by atoms with van der Waals surface area (Å²) in [7, 11) is 0. The summed E-state index contributed by atoms with van der Waals surface area (Å²) >= 11 is 0. The lowest BCUT2D eigenvalue weighted by Gasteiger charge is -2.32. The highest BCUT2D eigenvalue weighted by molar-refractivity contribution is 5.81. The Morgan fingerprint density at radius 1 is 1.21 bits per heavy atom. The quantitative estimate of drug-likeness (QED) is 0.537. The number of carbonyl (C=O) groups excluding carboxylic acids is 1. The van der Waals surface area contributed by atoms with Crippen molar-refractivity contribution in [2.45, 2.75) is 33.4 Å². The second-order valence-corrected chi connectivity index (χ2v) is 7.64. The van der Waals surface area contributed by atoms with Gasteiger partial charge in [-0.05, 0) is 17.0 Å². The Morgan fingerprint density at radius 2 is 1.89 bits per heavy atom. The fraction of sp³-hybridized carbons (Fsp3) is 0.300. The summed E-state index contributed by atoms with van der Waals surface area (Å²) in [5.41, 5.74) is 0.930. The normalized spacial score (nSPS) is 12.7. The maximum absolute atomic E-state index is 12.7. The largest absolute Gasteiger partial charge is 0.420 e. The summed E-state index contributed by atoms with van der Waals surface area (Å²) in [5.74, 6) is -1.09. The molecular formula is C20H21N3O5. The number of hydrogen-bond donors (Lipinski definition) is 1. The minimum Gasteiger partial charge on any atom is -0.407 e. The maximum Gasteiger partial charge on any atom is 0.420 e. The van der Waals surface area contributed by atoms with Crippen molar-refractivity contribution < 1.29 is 14.1 Å². The molecule has 1 unspecified atom stereocenters. The Bertz CT molecular complexity index is 1080. The molecule has 3 aromatic rings. The van der Waals surface area contributed by atoms with E-state index >= 15 is 0 Å². The maximum atomic E-state index is 12.7. The molecule has 146 valence electrons. The topological polar surface area (TPSA) is 107 Å². The highest BCUT2D eigenvalue weighted by Gasteiger charge is 2.28. The van der Waals surface area contributed by atoms with Gasteiger partial charge in [-0.1, -0.05) is 51.1 Å². The first-order valence-electron chi connectivity index (χ1n) is 8.79. The van der Waals surface area contributed by atoms with Gasteiger partial charge in [-0.15, -0.1) is 0 Å². The number of nitrogens with zero attached hydrogens (tertiary/aromatic N) is 2. The summed E-state index contributed by atoms with van der Waals surface area (Å²) in [6, 6.07) is 13.2. The minimum atomic E-state index is -0.738. The first-order chi connectivity index (χ1) is 13.2. The first kappa shape index (κ1) is 19.3. The number of nitrogens with one attached hydrogen (secondary N) is 1. The summed E-state index contributed by atoms with van der Waals surface area (Å²) < 4.78 is 6.24. The van der Waals surface area contributed by atoms with E-state index in [4.69, 9.17) is 4.42 Å². The molecule has 1 amide bonds. The van der Waals surface area contributed by atoms with Crippen molar-refractivity contribution in [3.05, 3.63) is 74.8 Å². The Morgan fingerprint density at radius 3 is 2.50 bits per heavy atom. The summed E-state index contributed by atoms with van der Waals surface area (Å²) in [4.78, 5) is 35.2. The van der Waals surface area contributed by atoms with E-state index in [1.165, 1.54) is 22.8 Å². The number of nitro benzene ring substituents is 1. The molecule has 0 spiro atoms. The van der Waals surface area contributed by atoms with Crippen molar-refractivity contribution in [1.82, 2.24) is 9.88 Å². The number of nitro groups is 1. The highest BCUT2D eigenvalue weighted by atomic mass is 16.6. The zero-order valence-corrected chi connectivity index (χ0v) is 15.8. The SMILES string of the molecule is CC(C)(C)C(NC(=O)Cn1c(=O)oc2cc([N+](=O)[O-])ccc21)c1ccccc1. The van der Waals surface area contributed by atoms with Crippen LogP contribution in [-0.2, 0) is 11.3 Å². The molecule has 0 aliphatic heterocycles. The molecule has 2 aromatic carbocycles. The lowest BCUT2D eigenvalue weighted by atomic mass is 9.82. The van der Waals surface area contributed by atoms with Crippen LogP contribution in [0.2, 0.25) is 0 Å². The monoisotopic (exact) mass is 383 g/mol. The van der Waals surface area contributed by atoms with Crippen LogP contribution in [0.25, 0.3) is 11.1 Å². The molecule has 0 saturated heterocycles. The molecule has 1 atom stereocenters. The predicted octanol–water partition coefficient (Wildman–Crippen LogP) is 3.41. The van der Waals surface area contributed by atoms with Crippen LogP contribution in [0.4, 0.5) is 5.69 Å². The van der Waals surface area contributed by atoms with Crippen molar-refractivity contribution in [2.24, 2.45) is 5.41 Å². The second-order valence-electron chi connectivity index (χ2n) is 7.64. The number of non-ortho nitro benzene ring substituents is 1. The van der Waals surface area contributed by atoms with Crippen molar-refractivity contribution >= 4 is 22.7 Å². The zero-order chi connectivity index (χ0) is 20.5. The van der Waals surface area contributed by atoms with E-state index in [0.29, 0.717) is 5.52 Å². The van der Waals surface area contributed by atoms with Gasteiger partial charge in [0.1, 0.15) is 6.54 Å². The van der Waals surface area contributed by atoms with Gasteiger partial charge in [-0.25, -0.2) is 4.79 Å². The molecule has 0 saturated carbocycles. The predicted molar refractivity (Wildman–Crippen MR) is 104 cm³/mol. The molecule has 0 fully saturated rings. The van der Waals surface area contributed by atoms with Gasteiger partial charge in [-0.3, -0.25) is 19.5 Å². The van der Waals surface area contributed by atoms with E-state index in [-0.39, 0.29) is 35.2 Å². The Kier molecular flexibility index (Phi) is 5.04.